The first-order chi connectivity index (χ1) is 11.2. The zero-order chi connectivity index (χ0) is 16.1. The lowest BCUT2D eigenvalue weighted by Gasteiger charge is -2.41. The van der Waals surface area contributed by atoms with Crippen LogP contribution in [0.2, 0.25) is 0 Å². The van der Waals surface area contributed by atoms with E-state index in [0.29, 0.717) is 6.54 Å². The third kappa shape index (κ3) is 4.43. The number of hydrogen-bond donors (Lipinski definition) is 1. The van der Waals surface area contributed by atoms with Gasteiger partial charge in [-0.2, -0.15) is 0 Å². The maximum Gasteiger partial charge on any atom is 0.0313 e. The summed E-state index contributed by atoms with van der Waals surface area (Å²) in [5, 5.41) is 0. The molecule has 0 spiro atoms. The fourth-order valence-corrected chi connectivity index (χ4v) is 3.33. The topological polar surface area (TPSA) is 29.3 Å². The normalized spacial score (nSPS) is 17.2. The van der Waals surface area contributed by atoms with Gasteiger partial charge in [-0.1, -0.05) is 73.5 Å². The Labute approximate surface area is 140 Å². The van der Waals surface area contributed by atoms with Gasteiger partial charge in [0.15, 0.2) is 0 Å². The molecular weight excluding hydrogens is 280 g/mol. The first kappa shape index (κ1) is 16.2. The van der Waals surface area contributed by atoms with Crippen molar-refractivity contribution in [3.05, 3.63) is 71.8 Å². The van der Waals surface area contributed by atoms with Crippen LogP contribution in [0.15, 0.2) is 60.7 Å². The lowest BCUT2D eigenvalue weighted by atomic mass is 9.91. The van der Waals surface area contributed by atoms with Crippen LogP contribution in [0, 0.1) is 5.92 Å². The highest BCUT2D eigenvalue weighted by Crippen LogP contribution is 2.39. The molecule has 0 bridgehead atoms. The van der Waals surface area contributed by atoms with Crippen molar-refractivity contribution in [3.63, 3.8) is 0 Å². The molecule has 122 valence electrons. The molecule has 1 aliphatic carbocycles. The van der Waals surface area contributed by atoms with Gasteiger partial charge < -0.3 is 5.73 Å². The molecule has 0 amide bonds. The maximum absolute atomic E-state index is 6.25. The van der Waals surface area contributed by atoms with E-state index < -0.39 is 0 Å². The van der Waals surface area contributed by atoms with Gasteiger partial charge in [-0.25, -0.2) is 0 Å². The van der Waals surface area contributed by atoms with Crippen LogP contribution in [0.4, 0.5) is 0 Å². The minimum Gasteiger partial charge on any atom is -0.329 e. The van der Waals surface area contributed by atoms with E-state index >= 15 is 0 Å². The molecule has 1 atom stereocenters. The summed E-state index contributed by atoms with van der Waals surface area (Å²) in [5.41, 5.74) is 9.03. The van der Waals surface area contributed by atoms with E-state index in [1.807, 2.05) is 0 Å². The predicted octanol–water partition coefficient (Wildman–Crippen LogP) is 4.21. The Morgan fingerprint density at radius 1 is 0.913 bits per heavy atom. The maximum atomic E-state index is 6.25. The zero-order valence-corrected chi connectivity index (χ0v) is 14.1. The van der Waals surface area contributed by atoms with Crippen LogP contribution in [0.5, 0.6) is 0 Å². The Hall–Kier alpha value is -1.64. The molecule has 0 saturated heterocycles. The Kier molecular flexibility index (Phi) is 5.14. The number of nitrogens with zero attached hydrogens (tertiary/aromatic N) is 1. The third-order valence-corrected chi connectivity index (χ3v) is 5.06. The molecule has 0 radical (unpaired) electrons. The van der Waals surface area contributed by atoms with Crippen molar-refractivity contribution in [3.8, 4) is 0 Å². The molecule has 0 heterocycles. The van der Waals surface area contributed by atoms with Crippen molar-refractivity contribution in [2.24, 2.45) is 11.7 Å². The second-order valence-electron chi connectivity index (χ2n) is 7.18. The van der Waals surface area contributed by atoms with E-state index in [0.717, 1.165) is 19.0 Å². The summed E-state index contributed by atoms with van der Waals surface area (Å²) in [5.74, 6) is 0.873. The van der Waals surface area contributed by atoms with Crippen molar-refractivity contribution in [2.75, 3.05) is 6.54 Å². The summed E-state index contributed by atoms with van der Waals surface area (Å²) in [6, 6.07) is 21.5. The Morgan fingerprint density at radius 2 is 1.39 bits per heavy atom. The second-order valence-corrected chi connectivity index (χ2v) is 7.18. The molecule has 0 aromatic heterocycles. The number of nitrogens with two attached hydrogens (primary N) is 1. The van der Waals surface area contributed by atoms with Crippen molar-refractivity contribution >= 4 is 0 Å². The molecule has 2 heteroatoms. The van der Waals surface area contributed by atoms with E-state index in [4.69, 9.17) is 5.73 Å². The third-order valence-electron chi connectivity index (χ3n) is 5.06. The smallest absolute Gasteiger partial charge is 0.0313 e. The molecule has 2 N–H and O–H groups in total. The van der Waals surface area contributed by atoms with Crippen LogP contribution in [0.1, 0.15) is 37.3 Å². The van der Waals surface area contributed by atoms with E-state index in [2.05, 4.69) is 72.5 Å². The first-order valence-corrected chi connectivity index (χ1v) is 8.72. The lowest BCUT2D eigenvalue weighted by molar-refractivity contribution is 0.0789. The van der Waals surface area contributed by atoms with Gasteiger partial charge >= 0.3 is 0 Å². The molecule has 1 saturated carbocycles. The molecule has 2 aromatic rings. The molecule has 23 heavy (non-hydrogen) atoms. The largest absolute Gasteiger partial charge is 0.329 e. The molecule has 1 fully saturated rings. The van der Waals surface area contributed by atoms with Crippen LogP contribution >= 0.6 is 0 Å². The van der Waals surface area contributed by atoms with E-state index in [-0.39, 0.29) is 5.54 Å². The molecule has 3 rings (SSSR count). The summed E-state index contributed by atoms with van der Waals surface area (Å²) in [7, 11) is 0. The molecule has 0 aliphatic heterocycles. The van der Waals surface area contributed by atoms with Crippen molar-refractivity contribution in [2.45, 2.75) is 44.8 Å². The van der Waals surface area contributed by atoms with Crippen LogP contribution < -0.4 is 5.73 Å². The average molecular weight is 308 g/mol. The Balaban J connectivity index is 1.81. The summed E-state index contributed by atoms with van der Waals surface area (Å²) in [4.78, 5) is 2.58. The lowest BCUT2D eigenvalue weighted by Crippen LogP contribution is -2.51. The second kappa shape index (κ2) is 7.29. The van der Waals surface area contributed by atoms with Crippen LogP contribution in [0.3, 0.4) is 0 Å². The van der Waals surface area contributed by atoms with E-state index in [1.54, 1.807) is 0 Å². The van der Waals surface area contributed by atoms with Gasteiger partial charge in [0.25, 0.3) is 0 Å². The van der Waals surface area contributed by atoms with Gasteiger partial charge in [0.1, 0.15) is 0 Å². The average Bonchev–Trinajstić information content (AvgIpc) is 3.40. The van der Waals surface area contributed by atoms with Crippen molar-refractivity contribution < 1.29 is 0 Å². The summed E-state index contributed by atoms with van der Waals surface area (Å²) < 4.78 is 0. The highest BCUT2D eigenvalue weighted by Gasteiger charge is 2.36. The van der Waals surface area contributed by atoms with Crippen molar-refractivity contribution in [1.29, 1.82) is 0 Å². The van der Waals surface area contributed by atoms with Crippen LogP contribution in [0.25, 0.3) is 0 Å². The van der Waals surface area contributed by atoms with Gasteiger partial charge in [-0.05, 0) is 30.4 Å². The highest BCUT2D eigenvalue weighted by molar-refractivity contribution is 5.18. The minimum absolute atomic E-state index is 0.0624. The number of rotatable bonds is 8. The molecular formula is C21H28N2. The molecule has 2 nitrogen and oxygen atoms in total. The molecule has 1 aliphatic rings. The fourth-order valence-electron chi connectivity index (χ4n) is 3.33. The summed E-state index contributed by atoms with van der Waals surface area (Å²) in [6.07, 6.45) is 3.96. The first-order valence-electron chi connectivity index (χ1n) is 8.72. The quantitative estimate of drug-likeness (QED) is 0.791. The zero-order valence-electron chi connectivity index (χ0n) is 14.1. The van der Waals surface area contributed by atoms with Gasteiger partial charge in [0, 0.05) is 25.2 Å². The monoisotopic (exact) mass is 308 g/mol. The Morgan fingerprint density at radius 3 is 1.78 bits per heavy atom. The van der Waals surface area contributed by atoms with Crippen LogP contribution in [-0.4, -0.2) is 17.0 Å². The van der Waals surface area contributed by atoms with E-state index in [9.17, 15) is 0 Å². The minimum atomic E-state index is 0.0624. The van der Waals surface area contributed by atoms with Gasteiger partial charge in [-0.3, -0.25) is 4.90 Å². The highest BCUT2D eigenvalue weighted by atomic mass is 15.2. The van der Waals surface area contributed by atoms with Gasteiger partial charge in [-0.15, -0.1) is 0 Å². The SMILES string of the molecule is CC(CN)(CC1CC1)N(Cc1ccccc1)Cc1ccccc1. The summed E-state index contributed by atoms with van der Waals surface area (Å²) in [6.45, 7) is 4.96. The van der Waals surface area contributed by atoms with Crippen LogP contribution in [-0.2, 0) is 13.1 Å². The predicted molar refractivity (Wildman–Crippen MR) is 96.9 cm³/mol. The van der Waals surface area contributed by atoms with Gasteiger partial charge in [0.05, 0.1) is 0 Å². The number of benzene rings is 2. The number of hydrogen-bond acceptors (Lipinski definition) is 2. The molecule has 1 unspecified atom stereocenters. The van der Waals surface area contributed by atoms with Crippen molar-refractivity contribution in [1.82, 2.24) is 4.90 Å². The fraction of sp³-hybridized carbons (Fsp3) is 0.429. The van der Waals surface area contributed by atoms with E-state index in [1.165, 1.54) is 30.4 Å². The van der Waals surface area contributed by atoms with Gasteiger partial charge in [0.2, 0.25) is 0 Å². The standard InChI is InChI=1S/C21H28N2/c1-21(17-22,14-18-12-13-18)23(15-19-8-4-2-5-9-19)16-20-10-6-3-7-11-20/h2-11,18H,12-17,22H2,1H3. The molecule has 2 aromatic carbocycles. The Bertz CT molecular complexity index is 550. The summed E-state index contributed by atoms with van der Waals surface area (Å²) >= 11 is 0.